The highest BCUT2D eigenvalue weighted by Crippen LogP contribution is 2.26. The van der Waals surface area contributed by atoms with E-state index in [0.29, 0.717) is 58.0 Å². The summed E-state index contributed by atoms with van der Waals surface area (Å²) in [6.45, 7) is 4.63. The van der Waals surface area contributed by atoms with Gasteiger partial charge in [0.15, 0.2) is 0 Å². The molecule has 7 nitrogen and oxygen atoms in total. The molecule has 0 aliphatic carbocycles. The number of likely N-dealkylation sites (tertiary alicyclic amines) is 1. The largest absolute Gasteiger partial charge is 0.378 e. The maximum atomic E-state index is 13.6. The number of nitrogens with zero attached hydrogens (tertiary/aromatic N) is 3. The SMILES string of the molecule is O=C(CN1CCC(C(=O)N(Cc2ccccc2)c2ccc(SO)cc2)C1)N1CCOCC1. The Morgan fingerprint density at radius 3 is 2.44 bits per heavy atom. The van der Waals surface area contributed by atoms with Gasteiger partial charge < -0.3 is 19.1 Å². The third kappa shape index (κ3) is 5.69. The molecule has 2 fully saturated rings. The van der Waals surface area contributed by atoms with Crippen molar-refractivity contribution in [1.82, 2.24) is 9.80 Å². The molecule has 2 aliphatic heterocycles. The van der Waals surface area contributed by atoms with E-state index in [1.807, 2.05) is 64.4 Å². The zero-order chi connectivity index (χ0) is 22.3. The van der Waals surface area contributed by atoms with Crippen LogP contribution in [0.25, 0.3) is 0 Å². The first kappa shape index (κ1) is 22.8. The van der Waals surface area contributed by atoms with Crippen molar-refractivity contribution in [1.29, 1.82) is 0 Å². The quantitative estimate of drug-likeness (QED) is 0.647. The number of hydrogen-bond acceptors (Lipinski definition) is 6. The number of amides is 2. The molecule has 1 atom stereocenters. The van der Waals surface area contributed by atoms with Crippen LogP contribution in [0.1, 0.15) is 12.0 Å². The molecule has 170 valence electrons. The van der Waals surface area contributed by atoms with Crippen molar-refractivity contribution in [2.24, 2.45) is 5.92 Å². The molecule has 2 heterocycles. The molecule has 2 aliphatic rings. The van der Waals surface area contributed by atoms with Crippen molar-refractivity contribution in [3.63, 3.8) is 0 Å². The van der Waals surface area contributed by atoms with E-state index in [1.165, 1.54) is 0 Å². The Kier molecular flexibility index (Phi) is 7.81. The lowest BCUT2D eigenvalue weighted by atomic mass is 10.1. The third-order valence-electron chi connectivity index (χ3n) is 6.05. The van der Waals surface area contributed by atoms with Crippen LogP contribution in [0.5, 0.6) is 0 Å². The Labute approximate surface area is 193 Å². The molecule has 2 amide bonds. The summed E-state index contributed by atoms with van der Waals surface area (Å²) < 4.78 is 14.6. The van der Waals surface area contributed by atoms with E-state index in [4.69, 9.17) is 4.74 Å². The van der Waals surface area contributed by atoms with Gasteiger partial charge in [-0.3, -0.25) is 14.5 Å². The molecule has 2 saturated heterocycles. The highest BCUT2D eigenvalue weighted by Gasteiger charge is 2.33. The van der Waals surface area contributed by atoms with E-state index in [1.54, 1.807) is 0 Å². The molecule has 32 heavy (non-hydrogen) atoms. The average molecular weight is 456 g/mol. The molecule has 1 N–H and O–H groups in total. The van der Waals surface area contributed by atoms with Gasteiger partial charge in [0.05, 0.1) is 32.2 Å². The molecule has 2 aromatic rings. The predicted octanol–water partition coefficient (Wildman–Crippen LogP) is 2.97. The van der Waals surface area contributed by atoms with Gasteiger partial charge in [-0.1, -0.05) is 30.3 Å². The van der Waals surface area contributed by atoms with Crippen LogP contribution >= 0.6 is 12.0 Å². The van der Waals surface area contributed by atoms with Gasteiger partial charge in [-0.05, 0) is 42.8 Å². The lowest BCUT2D eigenvalue weighted by Crippen LogP contribution is -2.45. The van der Waals surface area contributed by atoms with E-state index >= 15 is 0 Å². The number of carbonyl (C=O) groups excluding carboxylic acids is 2. The Balaban J connectivity index is 1.43. The number of ether oxygens (including phenoxy) is 1. The Morgan fingerprint density at radius 2 is 1.75 bits per heavy atom. The van der Waals surface area contributed by atoms with Crippen LogP contribution < -0.4 is 4.90 Å². The minimum Gasteiger partial charge on any atom is -0.378 e. The van der Waals surface area contributed by atoms with E-state index in [9.17, 15) is 14.1 Å². The second-order valence-corrected chi connectivity index (χ2v) is 8.86. The zero-order valence-electron chi connectivity index (χ0n) is 18.1. The molecule has 0 radical (unpaired) electrons. The third-order valence-corrected chi connectivity index (χ3v) is 6.53. The molecule has 4 rings (SSSR count). The van der Waals surface area contributed by atoms with Crippen molar-refractivity contribution < 1.29 is 18.9 Å². The first-order chi connectivity index (χ1) is 15.6. The average Bonchev–Trinajstić information content (AvgIpc) is 3.32. The fourth-order valence-electron chi connectivity index (χ4n) is 4.25. The minimum atomic E-state index is -0.150. The van der Waals surface area contributed by atoms with Gasteiger partial charge >= 0.3 is 0 Å². The van der Waals surface area contributed by atoms with Crippen molar-refractivity contribution >= 4 is 29.5 Å². The van der Waals surface area contributed by atoms with Gasteiger partial charge in [0.2, 0.25) is 11.8 Å². The summed E-state index contributed by atoms with van der Waals surface area (Å²) in [5.41, 5.74) is 1.86. The topological polar surface area (TPSA) is 73.3 Å². The summed E-state index contributed by atoms with van der Waals surface area (Å²) >= 11 is 0.691. The fourth-order valence-corrected chi connectivity index (χ4v) is 4.51. The molecule has 0 saturated carbocycles. The van der Waals surface area contributed by atoms with Crippen molar-refractivity contribution in [2.75, 3.05) is 50.8 Å². The number of morpholine rings is 1. The second-order valence-electron chi connectivity index (χ2n) is 8.21. The number of anilines is 1. The second kappa shape index (κ2) is 11.0. The first-order valence-corrected chi connectivity index (χ1v) is 11.8. The highest BCUT2D eigenvalue weighted by molar-refractivity contribution is 7.93. The van der Waals surface area contributed by atoms with Gasteiger partial charge in [0.1, 0.15) is 0 Å². The molecule has 0 bridgehead atoms. The van der Waals surface area contributed by atoms with Gasteiger partial charge in [-0.15, -0.1) is 0 Å². The van der Waals surface area contributed by atoms with E-state index in [2.05, 4.69) is 4.90 Å². The zero-order valence-corrected chi connectivity index (χ0v) is 18.9. The number of benzene rings is 2. The molecule has 2 aromatic carbocycles. The number of carbonyl (C=O) groups is 2. The van der Waals surface area contributed by atoms with Crippen molar-refractivity contribution in [3.05, 3.63) is 60.2 Å². The summed E-state index contributed by atoms with van der Waals surface area (Å²) in [6.07, 6.45) is 0.741. The normalized spacial score (nSPS) is 19.2. The van der Waals surface area contributed by atoms with Crippen molar-refractivity contribution in [2.45, 2.75) is 17.9 Å². The lowest BCUT2D eigenvalue weighted by molar-refractivity contribution is -0.136. The van der Waals surface area contributed by atoms with E-state index < -0.39 is 0 Å². The maximum Gasteiger partial charge on any atom is 0.236 e. The van der Waals surface area contributed by atoms with Crippen molar-refractivity contribution in [3.8, 4) is 0 Å². The summed E-state index contributed by atoms with van der Waals surface area (Å²) in [6, 6.07) is 17.3. The molecular weight excluding hydrogens is 426 g/mol. The van der Waals surface area contributed by atoms with Gasteiger partial charge in [0.25, 0.3) is 0 Å². The smallest absolute Gasteiger partial charge is 0.236 e. The predicted molar refractivity (Wildman–Crippen MR) is 125 cm³/mol. The van der Waals surface area contributed by atoms with Crippen LogP contribution in [0, 0.1) is 5.92 Å². The summed E-state index contributed by atoms with van der Waals surface area (Å²) in [5.74, 6) is 0.0299. The highest BCUT2D eigenvalue weighted by atomic mass is 32.2. The van der Waals surface area contributed by atoms with Crippen LogP contribution in [0.2, 0.25) is 0 Å². The standard InChI is InChI=1S/C24H29N3O4S/c28-23(26-12-14-31-15-13-26)18-25-11-10-20(17-25)24(29)27(16-19-4-2-1-3-5-19)21-6-8-22(32-30)9-7-21/h1-9,20,30H,10-18H2. The van der Waals surface area contributed by atoms with Crippen LogP contribution in [0.4, 0.5) is 5.69 Å². The van der Waals surface area contributed by atoms with E-state index in [0.717, 1.165) is 29.1 Å². The molecule has 1 unspecified atom stereocenters. The van der Waals surface area contributed by atoms with Gasteiger partial charge in [-0.25, -0.2) is 0 Å². The summed E-state index contributed by atoms with van der Waals surface area (Å²) in [5, 5.41) is 0. The molecular formula is C24H29N3O4S. The van der Waals surface area contributed by atoms with Crippen LogP contribution in [-0.4, -0.2) is 72.1 Å². The molecule has 0 aromatic heterocycles. The van der Waals surface area contributed by atoms with Crippen LogP contribution in [-0.2, 0) is 20.9 Å². The lowest BCUT2D eigenvalue weighted by Gasteiger charge is -2.29. The Hall–Kier alpha value is -2.39. The Morgan fingerprint density at radius 1 is 1.03 bits per heavy atom. The fraction of sp³-hybridized carbons (Fsp3) is 0.417. The monoisotopic (exact) mass is 455 g/mol. The number of hydrogen-bond donors (Lipinski definition) is 1. The van der Waals surface area contributed by atoms with Crippen LogP contribution in [0.3, 0.4) is 0 Å². The summed E-state index contributed by atoms with van der Waals surface area (Å²) in [7, 11) is 0. The van der Waals surface area contributed by atoms with Gasteiger partial charge in [0, 0.05) is 42.3 Å². The maximum absolute atomic E-state index is 13.6. The first-order valence-electron chi connectivity index (χ1n) is 11.0. The van der Waals surface area contributed by atoms with Gasteiger partial charge in [-0.2, -0.15) is 0 Å². The van der Waals surface area contributed by atoms with E-state index in [-0.39, 0.29) is 17.7 Å². The minimum absolute atomic E-state index is 0.0691. The number of rotatable bonds is 7. The Bertz CT molecular complexity index is 903. The molecule has 0 spiro atoms. The summed E-state index contributed by atoms with van der Waals surface area (Å²) in [4.78, 5) is 32.7. The molecule has 8 heteroatoms. The van der Waals surface area contributed by atoms with Crippen LogP contribution in [0.15, 0.2) is 59.5 Å².